The number of carbonyl (C=O) groups is 1. The molecule has 0 aliphatic heterocycles. The minimum Gasteiger partial charge on any atom is -0.361 e. The van der Waals surface area contributed by atoms with Crippen LogP contribution in [0.5, 0.6) is 0 Å². The lowest BCUT2D eigenvalue weighted by Gasteiger charge is -2.12. The highest BCUT2D eigenvalue weighted by molar-refractivity contribution is 5.90. The van der Waals surface area contributed by atoms with Crippen molar-refractivity contribution in [3.63, 3.8) is 0 Å². The third kappa shape index (κ3) is 3.18. The van der Waals surface area contributed by atoms with Crippen LogP contribution in [0.3, 0.4) is 0 Å². The first-order valence-electron chi connectivity index (χ1n) is 6.19. The molecular formula is C12H17N5O2. The molecule has 0 spiro atoms. The van der Waals surface area contributed by atoms with Gasteiger partial charge in [-0.3, -0.25) is 9.89 Å². The van der Waals surface area contributed by atoms with Crippen molar-refractivity contribution in [2.75, 3.05) is 7.05 Å². The molecule has 0 radical (unpaired) electrons. The molecule has 2 aromatic heterocycles. The first-order chi connectivity index (χ1) is 9.10. The summed E-state index contributed by atoms with van der Waals surface area (Å²) in [5.41, 5.74) is 0.706. The van der Waals surface area contributed by atoms with Crippen molar-refractivity contribution in [1.82, 2.24) is 25.2 Å². The van der Waals surface area contributed by atoms with Crippen LogP contribution in [-0.4, -0.2) is 38.2 Å². The van der Waals surface area contributed by atoms with Gasteiger partial charge in [0, 0.05) is 19.5 Å². The third-order valence-corrected chi connectivity index (χ3v) is 2.63. The Labute approximate surface area is 111 Å². The molecule has 1 amide bonds. The Morgan fingerprint density at radius 2 is 2.32 bits per heavy atom. The van der Waals surface area contributed by atoms with Gasteiger partial charge in [-0.2, -0.15) is 0 Å². The van der Waals surface area contributed by atoms with Gasteiger partial charge in [-0.15, -0.1) is 5.10 Å². The fourth-order valence-electron chi connectivity index (χ4n) is 1.72. The Hall–Kier alpha value is -2.18. The standard InChI is InChI=1S/C12H17N5O2/c1-4-5-10-13-11(15-14-10)12(18)17(3)7-9-6-8(2)19-16-9/h6H,4-5,7H2,1-3H3,(H,13,14,15). The number of aromatic amines is 1. The van der Waals surface area contributed by atoms with Crippen LogP contribution in [0.15, 0.2) is 10.6 Å². The molecule has 102 valence electrons. The summed E-state index contributed by atoms with van der Waals surface area (Å²) in [6.45, 7) is 4.22. The normalized spacial score (nSPS) is 10.7. The lowest BCUT2D eigenvalue weighted by atomic mass is 10.3. The topological polar surface area (TPSA) is 87.9 Å². The van der Waals surface area contributed by atoms with E-state index in [2.05, 4.69) is 20.3 Å². The Balaban J connectivity index is 2.01. The van der Waals surface area contributed by atoms with Crippen LogP contribution in [0.25, 0.3) is 0 Å². The first-order valence-corrected chi connectivity index (χ1v) is 6.19. The summed E-state index contributed by atoms with van der Waals surface area (Å²) >= 11 is 0. The molecule has 0 aromatic carbocycles. The van der Waals surface area contributed by atoms with Crippen LogP contribution in [0.4, 0.5) is 0 Å². The minimum atomic E-state index is -0.237. The van der Waals surface area contributed by atoms with E-state index < -0.39 is 0 Å². The van der Waals surface area contributed by atoms with E-state index in [0.29, 0.717) is 12.2 Å². The monoisotopic (exact) mass is 263 g/mol. The summed E-state index contributed by atoms with van der Waals surface area (Å²) in [7, 11) is 1.68. The number of nitrogens with one attached hydrogen (secondary N) is 1. The number of hydrogen-bond donors (Lipinski definition) is 1. The minimum absolute atomic E-state index is 0.186. The van der Waals surface area contributed by atoms with Crippen LogP contribution in [0, 0.1) is 6.92 Å². The number of carbonyl (C=O) groups excluding carboxylic acids is 1. The van der Waals surface area contributed by atoms with Gasteiger partial charge in [-0.25, -0.2) is 4.98 Å². The van der Waals surface area contributed by atoms with Gasteiger partial charge < -0.3 is 9.42 Å². The van der Waals surface area contributed by atoms with Crippen molar-refractivity contribution in [3.05, 3.63) is 29.2 Å². The van der Waals surface area contributed by atoms with Crippen molar-refractivity contribution in [2.45, 2.75) is 33.2 Å². The highest BCUT2D eigenvalue weighted by Crippen LogP contribution is 2.07. The maximum atomic E-state index is 12.1. The summed E-state index contributed by atoms with van der Waals surface area (Å²) in [6.07, 6.45) is 1.74. The Morgan fingerprint density at radius 3 is 2.95 bits per heavy atom. The number of aryl methyl sites for hydroxylation is 2. The SMILES string of the molecule is CCCc1nc(C(=O)N(C)Cc2cc(C)on2)n[nH]1. The molecule has 0 aliphatic carbocycles. The number of rotatable bonds is 5. The fourth-order valence-corrected chi connectivity index (χ4v) is 1.72. The largest absolute Gasteiger partial charge is 0.361 e. The highest BCUT2D eigenvalue weighted by Gasteiger charge is 2.18. The van der Waals surface area contributed by atoms with Gasteiger partial charge in [0.25, 0.3) is 5.91 Å². The molecule has 0 saturated heterocycles. The second kappa shape index (κ2) is 5.64. The maximum Gasteiger partial charge on any atom is 0.293 e. The molecule has 7 nitrogen and oxygen atoms in total. The third-order valence-electron chi connectivity index (χ3n) is 2.63. The summed E-state index contributed by atoms with van der Waals surface area (Å²) in [5.74, 6) is 1.40. The fraction of sp³-hybridized carbons (Fsp3) is 0.500. The predicted molar refractivity (Wildman–Crippen MR) is 67.4 cm³/mol. The van der Waals surface area contributed by atoms with Crippen molar-refractivity contribution < 1.29 is 9.32 Å². The highest BCUT2D eigenvalue weighted by atomic mass is 16.5. The van der Waals surface area contributed by atoms with Gasteiger partial charge >= 0.3 is 0 Å². The lowest BCUT2D eigenvalue weighted by molar-refractivity contribution is 0.0770. The lowest BCUT2D eigenvalue weighted by Crippen LogP contribution is -2.27. The zero-order chi connectivity index (χ0) is 13.8. The summed E-state index contributed by atoms with van der Waals surface area (Å²) < 4.78 is 4.96. The van der Waals surface area contributed by atoms with E-state index in [-0.39, 0.29) is 11.7 Å². The Kier molecular flexibility index (Phi) is 3.94. The maximum absolute atomic E-state index is 12.1. The number of H-pyrrole nitrogens is 1. The van der Waals surface area contributed by atoms with Crippen LogP contribution in [-0.2, 0) is 13.0 Å². The quantitative estimate of drug-likeness (QED) is 0.879. The number of nitrogens with zero attached hydrogens (tertiary/aromatic N) is 4. The molecule has 1 N–H and O–H groups in total. The van der Waals surface area contributed by atoms with Crippen LogP contribution in [0.1, 0.15) is 41.2 Å². The van der Waals surface area contributed by atoms with E-state index in [9.17, 15) is 4.79 Å². The molecule has 0 bridgehead atoms. The van der Waals surface area contributed by atoms with E-state index in [1.165, 1.54) is 4.90 Å². The second-order valence-electron chi connectivity index (χ2n) is 4.45. The molecule has 2 aromatic rings. The second-order valence-corrected chi connectivity index (χ2v) is 4.45. The Bertz CT molecular complexity index is 560. The molecule has 0 unspecified atom stereocenters. The average molecular weight is 263 g/mol. The molecule has 2 rings (SSSR count). The van der Waals surface area contributed by atoms with Crippen molar-refractivity contribution in [3.8, 4) is 0 Å². The van der Waals surface area contributed by atoms with Gasteiger partial charge in [0.1, 0.15) is 17.3 Å². The van der Waals surface area contributed by atoms with Gasteiger partial charge in [-0.05, 0) is 13.3 Å². The van der Waals surface area contributed by atoms with E-state index in [4.69, 9.17) is 4.52 Å². The molecule has 0 atom stereocenters. The summed E-state index contributed by atoms with van der Waals surface area (Å²) in [5, 5.41) is 10.5. The zero-order valence-electron chi connectivity index (χ0n) is 11.3. The van der Waals surface area contributed by atoms with E-state index in [0.717, 1.165) is 24.4 Å². The van der Waals surface area contributed by atoms with Crippen molar-refractivity contribution in [1.29, 1.82) is 0 Å². The first kappa shape index (κ1) is 13.3. The molecule has 19 heavy (non-hydrogen) atoms. The van der Waals surface area contributed by atoms with Gasteiger partial charge in [-0.1, -0.05) is 12.1 Å². The van der Waals surface area contributed by atoms with E-state index >= 15 is 0 Å². The number of aromatic nitrogens is 4. The molecule has 0 fully saturated rings. The number of amides is 1. The zero-order valence-corrected chi connectivity index (χ0v) is 11.3. The van der Waals surface area contributed by atoms with Gasteiger partial charge in [0.2, 0.25) is 5.82 Å². The van der Waals surface area contributed by atoms with Gasteiger partial charge in [0.05, 0.1) is 6.54 Å². The summed E-state index contributed by atoms with van der Waals surface area (Å²) in [6, 6.07) is 1.80. The smallest absolute Gasteiger partial charge is 0.293 e. The molecule has 0 aliphatic rings. The summed E-state index contributed by atoms with van der Waals surface area (Å²) in [4.78, 5) is 17.8. The molecular weight excluding hydrogens is 246 g/mol. The van der Waals surface area contributed by atoms with Gasteiger partial charge in [0.15, 0.2) is 0 Å². The Morgan fingerprint density at radius 1 is 1.53 bits per heavy atom. The molecule has 2 heterocycles. The molecule has 0 saturated carbocycles. The van der Waals surface area contributed by atoms with Crippen LogP contribution < -0.4 is 0 Å². The van der Waals surface area contributed by atoms with E-state index in [1.807, 2.05) is 13.8 Å². The predicted octanol–water partition coefficient (Wildman–Crippen LogP) is 1.33. The van der Waals surface area contributed by atoms with Crippen LogP contribution in [0.2, 0.25) is 0 Å². The number of hydrogen-bond acceptors (Lipinski definition) is 5. The molecule has 7 heteroatoms. The van der Waals surface area contributed by atoms with Crippen LogP contribution >= 0.6 is 0 Å². The van der Waals surface area contributed by atoms with Crippen molar-refractivity contribution >= 4 is 5.91 Å². The van der Waals surface area contributed by atoms with Crippen molar-refractivity contribution in [2.24, 2.45) is 0 Å². The average Bonchev–Trinajstić information content (AvgIpc) is 2.98. The van der Waals surface area contributed by atoms with E-state index in [1.54, 1.807) is 13.1 Å².